The molecule has 0 nitrogen and oxygen atoms in total. The summed E-state index contributed by atoms with van der Waals surface area (Å²) in [5, 5.41) is 0. The van der Waals surface area contributed by atoms with Crippen molar-refractivity contribution in [1.82, 2.24) is 0 Å². The van der Waals surface area contributed by atoms with Crippen LogP contribution in [0.15, 0.2) is 24.3 Å². The number of benzene rings is 2. The minimum absolute atomic E-state index is 0.105. The second kappa shape index (κ2) is 11.8. The monoisotopic (exact) mass is 486 g/mol. The second-order valence-corrected chi connectivity index (χ2v) is 10.6. The molecule has 0 aromatic heterocycles. The van der Waals surface area contributed by atoms with Crippen LogP contribution in [0, 0.1) is 35.1 Å². The number of fused-ring (bicyclic) bond motifs is 3. The van der Waals surface area contributed by atoms with Gasteiger partial charge < -0.3 is 0 Å². The molecule has 0 spiro atoms. The van der Waals surface area contributed by atoms with Crippen molar-refractivity contribution in [2.24, 2.45) is 11.8 Å². The van der Waals surface area contributed by atoms with Gasteiger partial charge in [-0.3, -0.25) is 0 Å². The van der Waals surface area contributed by atoms with Gasteiger partial charge in [-0.05, 0) is 85.5 Å². The molecule has 0 saturated heterocycles. The topological polar surface area (TPSA) is 0 Å². The Morgan fingerprint density at radius 3 is 1.91 bits per heavy atom. The van der Waals surface area contributed by atoms with Gasteiger partial charge in [0.05, 0.1) is 0 Å². The van der Waals surface area contributed by atoms with Crippen LogP contribution in [0.4, 0.5) is 17.6 Å². The summed E-state index contributed by atoms with van der Waals surface area (Å²) in [5.41, 5.74) is 1.50. The third-order valence-electron chi connectivity index (χ3n) is 7.97. The van der Waals surface area contributed by atoms with Crippen molar-refractivity contribution < 1.29 is 17.6 Å². The molecule has 0 heterocycles. The first-order chi connectivity index (χ1) is 16.9. The molecule has 0 unspecified atom stereocenters. The Morgan fingerprint density at radius 2 is 1.34 bits per heavy atom. The summed E-state index contributed by atoms with van der Waals surface area (Å²) in [7, 11) is 0. The average Bonchev–Trinajstić information content (AvgIpc) is 3.22. The molecule has 1 fully saturated rings. The molecule has 0 bridgehead atoms. The fraction of sp³-hybridized carbons (Fsp3) is 0.548. The van der Waals surface area contributed by atoms with Crippen molar-refractivity contribution in [3.63, 3.8) is 0 Å². The summed E-state index contributed by atoms with van der Waals surface area (Å²) in [6, 6.07) is 3.27. The number of aryl methyl sites for hydroxylation is 2. The van der Waals surface area contributed by atoms with E-state index in [0.717, 1.165) is 5.92 Å². The van der Waals surface area contributed by atoms with Gasteiger partial charge in [-0.2, -0.15) is 0 Å². The van der Waals surface area contributed by atoms with Crippen molar-refractivity contribution in [2.45, 2.75) is 97.3 Å². The third-order valence-corrected chi connectivity index (χ3v) is 7.97. The lowest BCUT2D eigenvalue weighted by atomic mass is 9.79. The maximum atomic E-state index is 15.1. The number of hydrogen-bond acceptors (Lipinski definition) is 0. The van der Waals surface area contributed by atoms with Crippen LogP contribution in [0.2, 0.25) is 0 Å². The molecule has 4 heteroatoms. The van der Waals surface area contributed by atoms with E-state index in [4.69, 9.17) is 0 Å². The van der Waals surface area contributed by atoms with Crippen LogP contribution in [-0.2, 0) is 19.3 Å². The van der Waals surface area contributed by atoms with Gasteiger partial charge in [0.15, 0.2) is 23.3 Å². The molecule has 0 radical (unpaired) electrons. The number of rotatable bonds is 10. The highest BCUT2D eigenvalue weighted by Gasteiger charge is 2.31. The van der Waals surface area contributed by atoms with Gasteiger partial charge in [0.2, 0.25) is 0 Å². The first-order valence-corrected chi connectivity index (χ1v) is 13.6. The summed E-state index contributed by atoms with van der Waals surface area (Å²) in [6.07, 6.45) is 17.1. The van der Waals surface area contributed by atoms with E-state index in [1.807, 2.05) is 6.92 Å². The highest BCUT2D eigenvalue weighted by atomic mass is 19.2. The lowest BCUT2D eigenvalue weighted by Crippen LogP contribution is -2.13. The second-order valence-electron chi connectivity index (χ2n) is 10.6. The average molecular weight is 487 g/mol. The summed E-state index contributed by atoms with van der Waals surface area (Å²) >= 11 is 0. The minimum Gasteiger partial charge on any atom is -0.203 e. The molecule has 0 amide bonds. The molecule has 2 aliphatic carbocycles. The fourth-order valence-corrected chi connectivity index (χ4v) is 6.01. The van der Waals surface area contributed by atoms with Crippen LogP contribution in [0.3, 0.4) is 0 Å². The summed E-state index contributed by atoms with van der Waals surface area (Å²) in [5.74, 6) is -2.53. The molecule has 1 saturated carbocycles. The van der Waals surface area contributed by atoms with Crippen LogP contribution in [0.1, 0.15) is 100 Å². The Hall–Kier alpha value is -2.10. The molecule has 2 aromatic carbocycles. The van der Waals surface area contributed by atoms with Crippen molar-refractivity contribution in [1.29, 1.82) is 0 Å². The number of hydrogen-bond donors (Lipinski definition) is 0. The van der Waals surface area contributed by atoms with Gasteiger partial charge >= 0.3 is 0 Å². The van der Waals surface area contributed by atoms with Gasteiger partial charge in [-0.15, -0.1) is 0 Å². The normalized spacial score (nSPS) is 19.4. The van der Waals surface area contributed by atoms with Crippen LogP contribution < -0.4 is 0 Å². The highest BCUT2D eigenvalue weighted by Crippen LogP contribution is 2.43. The Balaban J connectivity index is 1.39. The number of unbranched alkanes of at least 4 members (excludes halogenated alkanes) is 2. The summed E-state index contributed by atoms with van der Waals surface area (Å²) < 4.78 is 59.3. The van der Waals surface area contributed by atoms with E-state index >= 15 is 4.39 Å². The van der Waals surface area contributed by atoms with Gasteiger partial charge in [-0.25, -0.2) is 17.6 Å². The molecule has 0 N–H and O–H groups in total. The van der Waals surface area contributed by atoms with E-state index in [-0.39, 0.29) is 11.1 Å². The SMILES string of the molecule is CCCCCC1CCC(/C=C/CCc2cc3c(c(F)c2F)-c2c(cc(CCC)c(F)c2F)C3)CC1. The van der Waals surface area contributed by atoms with Crippen molar-refractivity contribution in [3.05, 3.63) is 69.8 Å². The molecule has 0 aliphatic heterocycles. The van der Waals surface area contributed by atoms with E-state index in [0.29, 0.717) is 60.3 Å². The molecule has 0 atom stereocenters. The molecular formula is C31H38F4. The van der Waals surface area contributed by atoms with Crippen molar-refractivity contribution in [2.75, 3.05) is 0 Å². The van der Waals surface area contributed by atoms with E-state index in [9.17, 15) is 13.2 Å². The lowest BCUT2D eigenvalue weighted by molar-refractivity contribution is 0.289. The third kappa shape index (κ3) is 5.67. The molecular weight excluding hydrogens is 448 g/mol. The van der Waals surface area contributed by atoms with Crippen molar-refractivity contribution in [3.8, 4) is 11.1 Å². The molecule has 4 rings (SSSR count). The smallest absolute Gasteiger partial charge is 0.167 e. The van der Waals surface area contributed by atoms with Crippen LogP contribution >= 0.6 is 0 Å². The molecule has 2 aromatic rings. The maximum Gasteiger partial charge on any atom is 0.167 e. The number of allylic oxidation sites excluding steroid dienone is 2. The first kappa shape index (κ1) is 26.0. The van der Waals surface area contributed by atoms with Crippen LogP contribution in [0.25, 0.3) is 11.1 Å². The summed E-state index contributed by atoms with van der Waals surface area (Å²) in [6.45, 7) is 4.14. The largest absolute Gasteiger partial charge is 0.203 e. The predicted octanol–water partition coefficient (Wildman–Crippen LogP) is 9.64. The fourth-order valence-electron chi connectivity index (χ4n) is 6.01. The van der Waals surface area contributed by atoms with Gasteiger partial charge in [0, 0.05) is 11.1 Å². The zero-order valence-electron chi connectivity index (χ0n) is 21.2. The van der Waals surface area contributed by atoms with E-state index < -0.39 is 23.3 Å². The first-order valence-electron chi connectivity index (χ1n) is 13.6. The Morgan fingerprint density at radius 1 is 0.743 bits per heavy atom. The van der Waals surface area contributed by atoms with Crippen LogP contribution in [-0.4, -0.2) is 0 Å². The predicted molar refractivity (Wildman–Crippen MR) is 136 cm³/mol. The zero-order valence-corrected chi connectivity index (χ0v) is 21.2. The van der Waals surface area contributed by atoms with Gasteiger partial charge in [0.1, 0.15) is 0 Å². The van der Waals surface area contributed by atoms with E-state index in [1.165, 1.54) is 51.4 Å². The summed E-state index contributed by atoms with van der Waals surface area (Å²) in [4.78, 5) is 0. The number of halogens is 4. The van der Waals surface area contributed by atoms with Crippen LogP contribution in [0.5, 0.6) is 0 Å². The van der Waals surface area contributed by atoms with E-state index in [1.54, 1.807) is 12.1 Å². The molecule has 35 heavy (non-hydrogen) atoms. The minimum atomic E-state index is -1.06. The van der Waals surface area contributed by atoms with Gasteiger partial charge in [-0.1, -0.05) is 70.2 Å². The molecule has 2 aliphatic rings. The standard InChI is InChI=1S/C31H38F4/c1-3-5-6-10-20-13-15-21(16-14-20)11-7-8-12-23-18-25-19-24-17-22(9-4-2)28(32)30(34)26(24)27(25)31(35)29(23)33/h7,11,17-18,20-21H,3-6,8-10,12-16,19H2,1-2H3/b11-7+. The van der Waals surface area contributed by atoms with Gasteiger partial charge in [0.25, 0.3) is 0 Å². The Kier molecular flexibility index (Phi) is 8.73. The Labute approximate surface area is 207 Å². The molecule has 190 valence electrons. The quantitative estimate of drug-likeness (QED) is 0.152. The Bertz CT molecular complexity index is 1060. The van der Waals surface area contributed by atoms with Crippen molar-refractivity contribution >= 4 is 0 Å². The maximum absolute atomic E-state index is 15.1. The zero-order chi connectivity index (χ0) is 24.9. The van der Waals surface area contributed by atoms with E-state index in [2.05, 4.69) is 19.1 Å². The highest BCUT2D eigenvalue weighted by molar-refractivity contribution is 5.79. The lowest BCUT2D eigenvalue weighted by Gasteiger charge is -2.26.